The molecule has 2 heteroatoms. The van der Waals surface area contributed by atoms with Crippen LogP contribution in [0.3, 0.4) is 0 Å². The molecule has 0 heterocycles. The van der Waals surface area contributed by atoms with E-state index in [1.165, 1.54) is 6.08 Å². The summed E-state index contributed by atoms with van der Waals surface area (Å²) in [7, 11) is 0. The van der Waals surface area contributed by atoms with Gasteiger partial charge in [0.2, 0.25) is 0 Å². The monoisotopic (exact) mass is 170 g/mol. The topological polar surface area (TPSA) is 40.5 Å². The molecule has 0 aliphatic rings. The molecule has 2 nitrogen and oxygen atoms in total. The molecule has 0 spiro atoms. The van der Waals surface area contributed by atoms with Crippen molar-refractivity contribution in [3.63, 3.8) is 0 Å². The molecule has 0 bridgehead atoms. The van der Waals surface area contributed by atoms with Crippen LogP contribution >= 0.6 is 0 Å². The van der Waals surface area contributed by atoms with Crippen LogP contribution in [0.4, 0.5) is 0 Å². The molecule has 0 aromatic rings. The van der Waals surface area contributed by atoms with Crippen molar-refractivity contribution in [3.05, 3.63) is 24.8 Å². The summed E-state index contributed by atoms with van der Waals surface area (Å²) in [6.45, 7) is 8.55. The largest absolute Gasteiger partial charge is 0.386 e. The van der Waals surface area contributed by atoms with E-state index < -0.39 is 11.2 Å². The molecule has 70 valence electrons. The Morgan fingerprint density at radius 2 is 1.75 bits per heavy atom. The van der Waals surface area contributed by atoms with Gasteiger partial charge in [0, 0.05) is 0 Å². The van der Waals surface area contributed by atoms with E-state index in [1.54, 1.807) is 32.9 Å². The van der Waals surface area contributed by atoms with E-state index >= 15 is 0 Å². The number of rotatable bonds is 4. The highest BCUT2D eigenvalue weighted by Crippen LogP contribution is 2.12. The average molecular weight is 170 g/mol. The quantitative estimate of drug-likeness (QED) is 0.630. The summed E-state index contributed by atoms with van der Waals surface area (Å²) in [5.41, 5.74) is -1.68. The van der Waals surface area contributed by atoms with Crippen LogP contribution in [0.1, 0.15) is 27.2 Å². The van der Waals surface area contributed by atoms with Crippen LogP contribution in [-0.4, -0.2) is 21.4 Å². The maximum absolute atomic E-state index is 9.47. The molecule has 1 atom stereocenters. The Bertz CT molecular complexity index is 173. The lowest BCUT2D eigenvalue weighted by Crippen LogP contribution is -2.20. The molecule has 0 rings (SSSR count). The van der Waals surface area contributed by atoms with Gasteiger partial charge in [-0.1, -0.05) is 18.2 Å². The molecular weight excluding hydrogens is 152 g/mol. The minimum absolute atomic E-state index is 0.473. The molecule has 0 aromatic carbocycles. The van der Waals surface area contributed by atoms with Crippen LogP contribution in [0.2, 0.25) is 0 Å². The minimum Gasteiger partial charge on any atom is -0.386 e. The lowest BCUT2D eigenvalue weighted by atomic mass is 10.0. The van der Waals surface area contributed by atoms with E-state index in [1.807, 2.05) is 0 Å². The predicted octanol–water partition coefficient (Wildman–Crippen LogP) is 1.64. The van der Waals surface area contributed by atoms with Crippen LogP contribution in [0.5, 0.6) is 0 Å². The van der Waals surface area contributed by atoms with Crippen LogP contribution in [0, 0.1) is 0 Å². The Morgan fingerprint density at radius 1 is 1.25 bits per heavy atom. The molecule has 12 heavy (non-hydrogen) atoms. The maximum atomic E-state index is 9.47. The lowest BCUT2D eigenvalue weighted by molar-refractivity contribution is 0.112. The zero-order chi connectivity index (χ0) is 9.83. The van der Waals surface area contributed by atoms with Gasteiger partial charge in [0.1, 0.15) is 0 Å². The standard InChI is InChI=1S/C10H18O2/c1-5-10(4,12)8-6-7-9(2,3)11/h5-7,11-12H,1,8H2,2-4H3/b7-6+/t10-/m0/s1. The Hall–Kier alpha value is -0.600. The van der Waals surface area contributed by atoms with Gasteiger partial charge in [-0.2, -0.15) is 0 Å². The highest BCUT2D eigenvalue weighted by atomic mass is 16.3. The molecule has 0 amide bonds. The first-order chi connectivity index (χ1) is 5.27. The van der Waals surface area contributed by atoms with E-state index in [0.717, 1.165) is 0 Å². The fourth-order valence-corrected chi connectivity index (χ4v) is 0.669. The van der Waals surface area contributed by atoms with Crippen LogP contribution in [0.25, 0.3) is 0 Å². The third kappa shape index (κ3) is 6.13. The lowest BCUT2D eigenvalue weighted by Gasteiger charge is -2.16. The molecule has 0 aromatic heterocycles. The Kier molecular flexibility index (Phi) is 3.68. The van der Waals surface area contributed by atoms with Crippen molar-refractivity contribution in [1.29, 1.82) is 0 Å². The Morgan fingerprint density at radius 3 is 2.08 bits per heavy atom. The Labute approximate surface area is 74.2 Å². The summed E-state index contributed by atoms with van der Waals surface area (Å²) in [5.74, 6) is 0. The normalized spacial score (nSPS) is 17.8. The number of hydrogen-bond acceptors (Lipinski definition) is 2. The van der Waals surface area contributed by atoms with Gasteiger partial charge in [-0.3, -0.25) is 0 Å². The second kappa shape index (κ2) is 3.87. The fourth-order valence-electron chi connectivity index (χ4n) is 0.669. The molecular formula is C10H18O2. The van der Waals surface area contributed by atoms with Gasteiger partial charge >= 0.3 is 0 Å². The van der Waals surface area contributed by atoms with Crippen molar-refractivity contribution in [2.75, 3.05) is 0 Å². The smallest absolute Gasteiger partial charge is 0.0831 e. The summed E-state index contributed by atoms with van der Waals surface area (Å²) < 4.78 is 0. The highest BCUT2D eigenvalue weighted by molar-refractivity contribution is 5.02. The second-order valence-electron chi connectivity index (χ2n) is 3.82. The van der Waals surface area contributed by atoms with Gasteiger partial charge in [-0.15, -0.1) is 6.58 Å². The van der Waals surface area contributed by atoms with Crippen molar-refractivity contribution in [2.45, 2.75) is 38.4 Å². The molecule has 0 unspecified atom stereocenters. The summed E-state index contributed by atoms with van der Waals surface area (Å²) >= 11 is 0. The van der Waals surface area contributed by atoms with Crippen LogP contribution < -0.4 is 0 Å². The van der Waals surface area contributed by atoms with Gasteiger partial charge in [-0.25, -0.2) is 0 Å². The van der Waals surface area contributed by atoms with Crippen molar-refractivity contribution >= 4 is 0 Å². The first-order valence-electron chi connectivity index (χ1n) is 4.03. The van der Waals surface area contributed by atoms with Crippen molar-refractivity contribution in [2.24, 2.45) is 0 Å². The molecule has 0 saturated carbocycles. The van der Waals surface area contributed by atoms with E-state index in [0.29, 0.717) is 6.42 Å². The summed E-state index contributed by atoms with van der Waals surface area (Å²) in [4.78, 5) is 0. The van der Waals surface area contributed by atoms with Crippen molar-refractivity contribution in [3.8, 4) is 0 Å². The zero-order valence-corrected chi connectivity index (χ0v) is 8.04. The fraction of sp³-hybridized carbons (Fsp3) is 0.600. The van der Waals surface area contributed by atoms with E-state index in [2.05, 4.69) is 6.58 Å². The maximum Gasteiger partial charge on any atom is 0.0831 e. The van der Waals surface area contributed by atoms with Crippen LogP contribution in [-0.2, 0) is 0 Å². The van der Waals surface area contributed by atoms with Crippen molar-refractivity contribution < 1.29 is 10.2 Å². The average Bonchev–Trinajstić information content (AvgIpc) is 1.84. The van der Waals surface area contributed by atoms with Gasteiger partial charge in [0.05, 0.1) is 11.2 Å². The summed E-state index contributed by atoms with van der Waals surface area (Å²) in [6, 6.07) is 0. The van der Waals surface area contributed by atoms with Crippen molar-refractivity contribution in [1.82, 2.24) is 0 Å². The first kappa shape index (κ1) is 11.4. The number of aliphatic hydroxyl groups is 2. The SMILES string of the molecule is C=C[C@](C)(O)C/C=C/C(C)(C)O. The molecule has 0 radical (unpaired) electrons. The minimum atomic E-state index is -0.873. The van der Waals surface area contributed by atoms with Gasteiger partial charge in [0.15, 0.2) is 0 Å². The summed E-state index contributed by atoms with van der Waals surface area (Å²) in [6.07, 6.45) is 5.37. The molecule has 0 fully saturated rings. The first-order valence-corrected chi connectivity index (χ1v) is 4.03. The highest BCUT2D eigenvalue weighted by Gasteiger charge is 2.13. The predicted molar refractivity (Wildman–Crippen MR) is 50.9 cm³/mol. The second-order valence-corrected chi connectivity index (χ2v) is 3.82. The molecule has 2 N–H and O–H groups in total. The molecule has 0 aliphatic carbocycles. The van der Waals surface area contributed by atoms with Gasteiger partial charge < -0.3 is 10.2 Å². The zero-order valence-electron chi connectivity index (χ0n) is 8.04. The molecule has 0 saturated heterocycles. The van der Waals surface area contributed by atoms with Gasteiger partial charge in [0.25, 0.3) is 0 Å². The Balaban J connectivity index is 3.99. The molecule has 0 aliphatic heterocycles. The third-order valence-corrected chi connectivity index (χ3v) is 1.50. The van der Waals surface area contributed by atoms with Crippen LogP contribution in [0.15, 0.2) is 24.8 Å². The van der Waals surface area contributed by atoms with E-state index in [-0.39, 0.29) is 0 Å². The van der Waals surface area contributed by atoms with Gasteiger partial charge in [-0.05, 0) is 27.2 Å². The number of hydrogen-bond donors (Lipinski definition) is 2. The third-order valence-electron chi connectivity index (χ3n) is 1.50. The van der Waals surface area contributed by atoms with E-state index in [9.17, 15) is 10.2 Å². The van der Waals surface area contributed by atoms with E-state index in [4.69, 9.17) is 0 Å². The summed E-state index contributed by atoms with van der Waals surface area (Å²) in [5, 5.41) is 18.8.